The van der Waals surface area contributed by atoms with Crippen LogP contribution in [0.1, 0.15) is 17.5 Å². The highest BCUT2D eigenvalue weighted by molar-refractivity contribution is 7.89. The molecule has 8 heteroatoms. The van der Waals surface area contributed by atoms with Crippen molar-refractivity contribution in [2.24, 2.45) is 0 Å². The Morgan fingerprint density at radius 1 is 1.00 bits per heavy atom. The van der Waals surface area contributed by atoms with Crippen LogP contribution in [0.15, 0.2) is 23.1 Å². The van der Waals surface area contributed by atoms with Gasteiger partial charge in [0, 0.05) is 13.1 Å². The van der Waals surface area contributed by atoms with Gasteiger partial charge in [-0.15, -0.1) is 0 Å². The van der Waals surface area contributed by atoms with Gasteiger partial charge < -0.3 is 0 Å². The largest absolute Gasteiger partial charge is 0.240 e. The van der Waals surface area contributed by atoms with E-state index in [1.165, 1.54) is 5.56 Å². The molecule has 0 amide bonds. The zero-order valence-electron chi connectivity index (χ0n) is 11.2. The van der Waals surface area contributed by atoms with Crippen LogP contribution in [0.3, 0.4) is 0 Å². The van der Waals surface area contributed by atoms with Gasteiger partial charge in [-0.1, -0.05) is 6.07 Å². The van der Waals surface area contributed by atoms with E-state index in [1.54, 1.807) is 12.1 Å². The Bertz CT molecular complexity index is 696. The molecular formula is C12H18N2O4S2. The summed E-state index contributed by atoms with van der Waals surface area (Å²) >= 11 is 0. The molecule has 0 atom stereocenters. The summed E-state index contributed by atoms with van der Waals surface area (Å²) < 4.78 is 50.5. The average Bonchev–Trinajstić information content (AvgIpc) is 2.80. The van der Waals surface area contributed by atoms with Crippen molar-refractivity contribution in [3.05, 3.63) is 29.3 Å². The maximum atomic E-state index is 12.1. The number of nitrogens with one attached hydrogen (secondary N) is 2. The molecule has 2 rings (SSSR count). The average molecular weight is 318 g/mol. The molecule has 0 saturated heterocycles. The zero-order chi connectivity index (χ0) is 14.8. The second kappa shape index (κ2) is 5.80. The van der Waals surface area contributed by atoms with E-state index in [0.29, 0.717) is 0 Å². The van der Waals surface area contributed by atoms with Gasteiger partial charge >= 0.3 is 0 Å². The van der Waals surface area contributed by atoms with E-state index in [2.05, 4.69) is 9.44 Å². The standard InChI is InChI=1S/C12H18N2O4S2/c1-19(15,16)13-7-8-14-20(17,18)12-6-5-10-3-2-4-11(10)9-12/h5-6,9,13-14H,2-4,7-8H2,1H3. The molecule has 1 aromatic carbocycles. The highest BCUT2D eigenvalue weighted by Crippen LogP contribution is 2.24. The van der Waals surface area contributed by atoms with E-state index in [0.717, 1.165) is 31.1 Å². The first-order valence-corrected chi connectivity index (χ1v) is 9.71. The Hall–Kier alpha value is -0.960. The van der Waals surface area contributed by atoms with E-state index in [9.17, 15) is 16.8 Å². The molecule has 2 N–H and O–H groups in total. The monoisotopic (exact) mass is 318 g/mol. The Kier molecular flexibility index (Phi) is 4.48. The van der Waals surface area contributed by atoms with Crippen molar-refractivity contribution >= 4 is 20.0 Å². The van der Waals surface area contributed by atoms with Crippen molar-refractivity contribution in [3.63, 3.8) is 0 Å². The molecule has 0 saturated carbocycles. The Labute approximate surface area is 119 Å². The van der Waals surface area contributed by atoms with Crippen molar-refractivity contribution in [2.75, 3.05) is 19.3 Å². The van der Waals surface area contributed by atoms with Gasteiger partial charge in [-0.05, 0) is 42.5 Å². The number of sulfonamides is 2. The minimum Gasteiger partial charge on any atom is -0.214 e. The van der Waals surface area contributed by atoms with Gasteiger partial charge in [0.25, 0.3) is 0 Å². The second-order valence-corrected chi connectivity index (χ2v) is 8.45. The topological polar surface area (TPSA) is 92.3 Å². The maximum absolute atomic E-state index is 12.1. The van der Waals surface area contributed by atoms with Gasteiger partial charge in [0.15, 0.2) is 0 Å². The van der Waals surface area contributed by atoms with E-state index < -0.39 is 20.0 Å². The van der Waals surface area contributed by atoms with Crippen LogP contribution in [0.4, 0.5) is 0 Å². The number of fused-ring (bicyclic) bond motifs is 1. The summed E-state index contributed by atoms with van der Waals surface area (Å²) in [7, 11) is -6.88. The van der Waals surface area contributed by atoms with E-state index in [4.69, 9.17) is 0 Å². The molecule has 0 aliphatic heterocycles. The number of hydrogen-bond donors (Lipinski definition) is 2. The first-order valence-electron chi connectivity index (χ1n) is 6.34. The molecule has 1 aliphatic carbocycles. The van der Waals surface area contributed by atoms with Crippen LogP contribution in [0, 0.1) is 0 Å². The Balaban J connectivity index is 2.00. The summed E-state index contributed by atoms with van der Waals surface area (Å²) in [4.78, 5) is 0.234. The van der Waals surface area contributed by atoms with Crippen molar-refractivity contribution in [1.29, 1.82) is 0 Å². The lowest BCUT2D eigenvalue weighted by atomic mass is 10.1. The molecule has 0 unspecified atom stereocenters. The zero-order valence-corrected chi connectivity index (χ0v) is 12.9. The fourth-order valence-electron chi connectivity index (χ4n) is 2.22. The molecule has 0 radical (unpaired) electrons. The fourth-order valence-corrected chi connectivity index (χ4v) is 3.78. The third kappa shape index (κ3) is 4.02. The van der Waals surface area contributed by atoms with Gasteiger partial charge in [0.2, 0.25) is 20.0 Å². The van der Waals surface area contributed by atoms with Crippen LogP contribution in [-0.2, 0) is 32.9 Å². The molecule has 0 aromatic heterocycles. The van der Waals surface area contributed by atoms with E-state index in [1.807, 2.05) is 6.07 Å². The first-order chi connectivity index (χ1) is 9.28. The number of rotatable bonds is 6. The summed E-state index contributed by atoms with van der Waals surface area (Å²) in [5, 5.41) is 0. The lowest BCUT2D eigenvalue weighted by molar-refractivity contribution is 0.573. The fraction of sp³-hybridized carbons (Fsp3) is 0.500. The van der Waals surface area contributed by atoms with Crippen LogP contribution in [-0.4, -0.2) is 36.2 Å². The molecule has 0 fully saturated rings. The van der Waals surface area contributed by atoms with E-state index >= 15 is 0 Å². The summed E-state index contributed by atoms with van der Waals surface area (Å²) in [5.74, 6) is 0. The van der Waals surface area contributed by atoms with Gasteiger partial charge in [0.05, 0.1) is 11.2 Å². The predicted molar refractivity (Wildman–Crippen MR) is 76.5 cm³/mol. The van der Waals surface area contributed by atoms with E-state index in [-0.39, 0.29) is 18.0 Å². The van der Waals surface area contributed by atoms with Gasteiger partial charge in [-0.2, -0.15) is 0 Å². The summed E-state index contributed by atoms with van der Waals surface area (Å²) in [6.45, 7) is 0.0511. The summed E-state index contributed by atoms with van der Waals surface area (Å²) in [6.07, 6.45) is 4.00. The minimum atomic E-state index is -3.58. The van der Waals surface area contributed by atoms with Gasteiger partial charge in [-0.3, -0.25) is 0 Å². The number of aryl methyl sites for hydroxylation is 2. The predicted octanol–water partition coefficient (Wildman–Crippen LogP) is 0.00280. The third-order valence-corrected chi connectivity index (χ3v) is 5.35. The second-order valence-electron chi connectivity index (χ2n) is 4.85. The SMILES string of the molecule is CS(=O)(=O)NCCNS(=O)(=O)c1ccc2c(c1)CCC2. The molecule has 112 valence electrons. The van der Waals surface area contributed by atoms with Crippen LogP contribution in [0.5, 0.6) is 0 Å². The Morgan fingerprint density at radius 3 is 2.35 bits per heavy atom. The lowest BCUT2D eigenvalue weighted by Crippen LogP contribution is -2.34. The highest BCUT2D eigenvalue weighted by atomic mass is 32.2. The van der Waals surface area contributed by atoms with Crippen LogP contribution < -0.4 is 9.44 Å². The molecule has 1 aromatic rings. The normalized spacial score (nSPS) is 15.2. The van der Waals surface area contributed by atoms with Crippen LogP contribution in [0.25, 0.3) is 0 Å². The molecule has 1 aliphatic rings. The Morgan fingerprint density at radius 2 is 1.65 bits per heavy atom. The van der Waals surface area contributed by atoms with Gasteiger partial charge in [-0.25, -0.2) is 26.3 Å². The molecule has 0 spiro atoms. The van der Waals surface area contributed by atoms with Crippen molar-refractivity contribution < 1.29 is 16.8 Å². The van der Waals surface area contributed by atoms with Crippen molar-refractivity contribution in [2.45, 2.75) is 24.2 Å². The minimum absolute atomic E-state index is 0.0203. The molecular weight excluding hydrogens is 300 g/mol. The van der Waals surface area contributed by atoms with Crippen molar-refractivity contribution in [3.8, 4) is 0 Å². The summed E-state index contributed by atoms with van der Waals surface area (Å²) in [6, 6.07) is 5.15. The van der Waals surface area contributed by atoms with Crippen LogP contribution >= 0.6 is 0 Å². The smallest absolute Gasteiger partial charge is 0.214 e. The number of benzene rings is 1. The molecule has 6 nitrogen and oxygen atoms in total. The van der Waals surface area contributed by atoms with Crippen LogP contribution in [0.2, 0.25) is 0 Å². The lowest BCUT2D eigenvalue weighted by Gasteiger charge is -2.08. The first kappa shape index (κ1) is 15.4. The highest BCUT2D eigenvalue weighted by Gasteiger charge is 2.18. The number of hydrogen-bond acceptors (Lipinski definition) is 4. The van der Waals surface area contributed by atoms with Gasteiger partial charge in [0.1, 0.15) is 0 Å². The molecule has 0 heterocycles. The third-order valence-electron chi connectivity index (χ3n) is 3.16. The quantitative estimate of drug-likeness (QED) is 0.722. The molecule has 20 heavy (non-hydrogen) atoms. The molecule has 0 bridgehead atoms. The van der Waals surface area contributed by atoms with Crippen molar-refractivity contribution in [1.82, 2.24) is 9.44 Å². The summed E-state index contributed by atoms with van der Waals surface area (Å²) in [5.41, 5.74) is 2.30. The maximum Gasteiger partial charge on any atom is 0.240 e.